The molecule has 0 fully saturated rings. The Kier molecular flexibility index (Phi) is 7.12. The number of aromatic nitrogens is 2. The zero-order chi connectivity index (χ0) is 26.7. The minimum atomic E-state index is -0.607. The summed E-state index contributed by atoms with van der Waals surface area (Å²) in [6, 6.07) is 17.9. The van der Waals surface area contributed by atoms with Crippen LogP contribution in [0.5, 0.6) is 0 Å². The molecule has 6 nitrogen and oxygen atoms in total. The molecule has 1 heterocycles. The number of ether oxygens (including phenoxy) is 1. The summed E-state index contributed by atoms with van der Waals surface area (Å²) in [5.74, 6) is 5.34. The van der Waals surface area contributed by atoms with Gasteiger partial charge < -0.3 is 4.74 Å². The molecule has 0 radical (unpaired) electrons. The second-order valence-corrected chi connectivity index (χ2v) is 9.77. The van der Waals surface area contributed by atoms with E-state index in [9.17, 15) is 18.8 Å². The topological polar surface area (TPSA) is 70.3 Å². The summed E-state index contributed by atoms with van der Waals surface area (Å²) < 4.78 is 21.1. The largest absolute Gasteiger partial charge is 0.456 e. The van der Waals surface area contributed by atoms with Gasteiger partial charge in [0.15, 0.2) is 0 Å². The summed E-state index contributed by atoms with van der Waals surface area (Å²) in [5, 5.41) is 0.376. The van der Waals surface area contributed by atoms with Crippen LogP contribution in [0.3, 0.4) is 0 Å². The Morgan fingerprint density at radius 2 is 1.59 bits per heavy atom. The SMILES string of the molecule is Cn1c(=O)n(Cc2ccc(C(=O)OC(C)(C)C)cc2)c(=O)c2cc(C#CCc3ccc(F)cc3)ccc21. The third-order valence-electron chi connectivity index (χ3n) is 5.72. The van der Waals surface area contributed by atoms with Crippen LogP contribution in [0.4, 0.5) is 4.39 Å². The van der Waals surface area contributed by atoms with Gasteiger partial charge in [-0.15, -0.1) is 0 Å². The van der Waals surface area contributed by atoms with Gasteiger partial charge in [-0.2, -0.15) is 0 Å². The van der Waals surface area contributed by atoms with Gasteiger partial charge in [0.1, 0.15) is 11.4 Å². The van der Waals surface area contributed by atoms with Gasteiger partial charge in [-0.1, -0.05) is 36.1 Å². The Bertz CT molecular complexity index is 1650. The smallest absolute Gasteiger partial charge is 0.338 e. The standard InChI is InChI=1S/C30H27FN2O4/c1-30(2,3)37-28(35)23-13-8-22(9-14-23)19-33-27(34)25-18-21(12-17-26(25)32(4)29(33)36)7-5-6-20-10-15-24(31)16-11-20/h8-18H,6,19H2,1-4H3. The number of nitrogens with zero attached hydrogens (tertiary/aromatic N) is 2. The van der Waals surface area contributed by atoms with Crippen molar-refractivity contribution in [3.05, 3.63) is 116 Å². The van der Waals surface area contributed by atoms with Gasteiger partial charge in [0.05, 0.1) is 23.0 Å². The van der Waals surface area contributed by atoms with Crippen LogP contribution in [0, 0.1) is 17.7 Å². The number of hydrogen-bond donors (Lipinski definition) is 0. The van der Waals surface area contributed by atoms with Gasteiger partial charge in [-0.05, 0) is 74.4 Å². The van der Waals surface area contributed by atoms with Crippen molar-refractivity contribution in [2.75, 3.05) is 0 Å². The van der Waals surface area contributed by atoms with E-state index in [2.05, 4.69) is 11.8 Å². The Balaban J connectivity index is 1.62. The predicted molar refractivity (Wildman–Crippen MR) is 141 cm³/mol. The normalized spacial score (nSPS) is 11.2. The second-order valence-electron chi connectivity index (χ2n) is 9.77. The lowest BCUT2D eigenvalue weighted by Crippen LogP contribution is -2.39. The van der Waals surface area contributed by atoms with E-state index in [1.54, 1.807) is 82.4 Å². The van der Waals surface area contributed by atoms with Gasteiger partial charge in [0.25, 0.3) is 5.56 Å². The fourth-order valence-electron chi connectivity index (χ4n) is 3.85. The maximum atomic E-state index is 13.3. The van der Waals surface area contributed by atoms with Crippen molar-refractivity contribution in [2.45, 2.75) is 39.3 Å². The molecule has 7 heteroatoms. The molecule has 1 aromatic heterocycles. The highest BCUT2D eigenvalue weighted by Gasteiger charge is 2.18. The molecule has 0 atom stereocenters. The maximum absolute atomic E-state index is 13.3. The molecular formula is C30H27FN2O4. The molecule has 4 aromatic rings. The Hall–Kier alpha value is -4.44. The summed E-state index contributed by atoms with van der Waals surface area (Å²) in [7, 11) is 1.62. The van der Waals surface area contributed by atoms with Gasteiger partial charge in [0, 0.05) is 19.0 Å². The summed E-state index contributed by atoms with van der Waals surface area (Å²) in [6.45, 7) is 5.44. The lowest BCUT2D eigenvalue weighted by molar-refractivity contribution is 0.00695. The molecule has 0 aliphatic rings. The molecule has 0 saturated carbocycles. The molecule has 0 spiro atoms. The van der Waals surface area contributed by atoms with Crippen molar-refractivity contribution in [2.24, 2.45) is 7.05 Å². The first-order valence-electron chi connectivity index (χ1n) is 11.8. The van der Waals surface area contributed by atoms with Crippen LogP contribution in [0.25, 0.3) is 10.9 Å². The molecular weight excluding hydrogens is 471 g/mol. The average molecular weight is 499 g/mol. The van der Waals surface area contributed by atoms with Crippen LogP contribution in [0.2, 0.25) is 0 Å². The van der Waals surface area contributed by atoms with Crippen LogP contribution in [-0.4, -0.2) is 20.7 Å². The van der Waals surface area contributed by atoms with E-state index in [4.69, 9.17) is 4.74 Å². The van der Waals surface area contributed by atoms with Crippen LogP contribution >= 0.6 is 0 Å². The molecule has 4 rings (SSSR count). The van der Waals surface area contributed by atoms with Crippen molar-refractivity contribution in [3.63, 3.8) is 0 Å². The summed E-state index contributed by atoms with van der Waals surface area (Å²) in [5.41, 5.74) is 1.65. The van der Waals surface area contributed by atoms with E-state index in [0.717, 1.165) is 5.56 Å². The third-order valence-corrected chi connectivity index (χ3v) is 5.72. The number of rotatable bonds is 4. The highest BCUT2D eigenvalue weighted by Crippen LogP contribution is 2.14. The minimum Gasteiger partial charge on any atom is -0.456 e. The van der Waals surface area contributed by atoms with Gasteiger partial charge in [0.2, 0.25) is 0 Å². The fourth-order valence-corrected chi connectivity index (χ4v) is 3.85. The Morgan fingerprint density at radius 1 is 0.946 bits per heavy atom. The zero-order valence-corrected chi connectivity index (χ0v) is 21.2. The summed E-state index contributed by atoms with van der Waals surface area (Å²) >= 11 is 0. The van der Waals surface area contributed by atoms with Gasteiger partial charge in [-0.3, -0.25) is 13.9 Å². The minimum absolute atomic E-state index is 0.0521. The lowest BCUT2D eigenvalue weighted by Gasteiger charge is -2.19. The number of esters is 1. The molecule has 37 heavy (non-hydrogen) atoms. The third kappa shape index (κ3) is 6.04. The average Bonchev–Trinajstić information content (AvgIpc) is 2.86. The van der Waals surface area contributed by atoms with E-state index in [1.807, 2.05) is 0 Å². The zero-order valence-electron chi connectivity index (χ0n) is 21.2. The first kappa shape index (κ1) is 25.6. The quantitative estimate of drug-likeness (QED) is 0.308. The van der Waals surface area contributed by atoms with E-state index in [-0.39, 0.29) is 12.4 Å². The molecule has 0 N–H and O–H groups in total. The molecule has 0 unspecified atom stereocenters. The number of benzene rings is 3. The van der Waals surface area contributed by atoms with E-state index < -0.39 is 22.8 Å². The van der Waals surface area contributed by atoms with Gasteiger partial charge >= 0.3 is 11.7 Å². The highest BCUT2D eigenvalue weighted by molar-refractivity contribution is 5.89. The number of aryl methyl sites for hydroxylation is 1. The molecule has 0 saturated heterocycles. The lowest BCUT2D eigenvalue weighted by atomic mass is 10.1. The monoisotopic (exact) mass is 498 g/mol. The van der Waals surface area contributed by atoms with Gasteiger partial charge in [-0.25, -0.2) is 14.0 Å². The first-order chi connectivity index (χ1) is 17.5. The second kappa shape index (κ2) is 10.3. The van der Waals surface area contributed by atoms with Crippen molar-refractivity contribution in [1.29, 1.82) is 0 Å². The Labute approximate surface area is 213 Å². The molecule has 0 amide bonds. The number of hydrogen-bond acceptors (Lipinski definition) is 4. The van der Waals surface area contributed by atoms with Crippen LogP contribution in [-0.2, 0) is 24.8 Å². The maximum Gasteiger partial charge on any atom is 0.338 e. The number of carbonyl (C=O) groups excluding carboxylic acids is 1. The number of fused-ring (bicyclic) bond motifs is 1. The molecule has 188 valence electrons. The van der Waals surface area contributed by atoms with Crippen LogP contribution in [0.1, 0.15) is 47.8 Å². The first-order valence-corrected chi connectivity index (χ1v) is 11.8. The highest BCUT2D eigenvalue weighted by atomic mass is 19.1. The van der Waals surface area contributed by atoms with Crippen LogP contribution in [0.15, 0.2) is 76.3 Å². The van der Waals surface area contributed by atoms with E-state index in [1.165, 1.54) is 21.3 Å². The van der Waals surface area contributed by atoms with Crippen LogP contribution < -0.4 is 11.2 Å². The number of carbonyl (C=O) groups is 1. The Morgan fingerprint density at radius 3 is 2.24 bits per heavy atom. The van der Waals surface area contributed by atoms with Crippen molar-refractivity contribution >= 4 is 16.9 Å². The van der Waals surface area contributed by atoms with E-state index >= 15 is 0 Å². The molecule has 0 aliphatic heterocycles. The summed E-state index contributed by atoms with van der Waals surface area (Å²) in [6.07, 6.45) is 0.440. The molecule has 3 aromatic carbocycles. The van der Waals surface area contributed by atoms with Crippen molar-refractivity contribution < 1.29 is 13.9 Å². The fraction of sp³-hybridized carbons (Fsp3) is 0.233. The van der Waals surface area contributed by atoms with E-state index in [0.29, 0.717) is 34.0 Å². The molecule has 0 bridgehead atoms. The van der Waals surface area contributed by atoms with Crippen molar-refractivity contribution in [3.8, 4) is 11.8 Å². The van der Waals surface area contributed by atoms with Crippen molar-refractivity contribution in [1.82, 2.24) is 9.13 Å². The predicted octanol–water partition coefficient (Wildman–Crippen LogP) is 4.44. The number of halogens is 1. The molecule has 0 aliphatic carbocycles. The summed E-state index contributed by atoms with van der Waals surface area (Å²) in [4.78, 5) is 38.6.